The van der Waals surface area contributed by atoms with Crippen LogP contribution in [0.3, 0.4) is 0 Å². The van der Waals surface area contributed by atoms with Crippen LogP contribution in [0.4, 0.5) is 13.6 Å². The van der Waals surface area contributed by atoms with Crippen LogP contribution >= 0.6 is 0 Å². The molecule has 0 unspecified atom stereocenters. The summed E-state index contributed by atoms with van der Waals surface area (Å²) in [5.41, 5.74) is 5.05. The maximum Gasteiger partial charge on any atom is 0.410 e. The average molecular weight is 614 g/mol. The van der Waals surface area contributed by atoms with Crippen molar-refractivity contribution in [3.05, 3.63) is 64.1 Å². The van der Waals surface area contributed by atoms with Crippen LogP contribution in [-0.2, 0) is 20.7 Å². The first-order valence-electron chi connectivity index (χ1n) is 15.3. The van der Waals surface area contributed by atoms with E-state index in [0.717, 1.165) is 12.0 Å². The fourth-order valence-electron chi connectivity index (χ4n) is 6.22. The molecule has 0 fully saturated rings. The Kier molecular flexibility index (Phi) is 10.7. The van der Waals surface area contributed by atoms with Gasteiger partial charge in [0.15, 0.2) is 0 Å². The first kappa shape index (κ1) is 33.4. The number of pyridine rings is 1. The predicted molar refractivity (Wildman–Crippen MR) is 165 cm³/mol. The summed E-state index contributed by atoms with van der Waals surface area (Å²) in [5, 5.41) is 0. The van der Waals surface area contributed by atoms with Gasteiger partial charge in [-0.15, -0.1) is 0 Å². The third-order valence-electron chi connectivity index (χ3n) is 8.29. The zero-order chi connectivity index (χ0) is 32.2. The van der Waals surface area contributed by atoms with Crippen LogP contribution in [0.2, 0.25) is 0 Å². The molecule has 1 aliphatic carbocycles. The lowest BCUT2D eigenvalue weighted by atomic mass is 9.83. The lowest BCUT2D eigenvalue weighted by Crippen LogP contribution is -2.45. The smallest absolute Gasteiger partial charge is 0.410 e. The number of aromatic nitrogens is 1. The Balaban J connectivity index is 1.66. The number of ether oxygens (including phenoxy) is 3. The van der Waals surface area contributed by atoms with Crippen molar-refractivity contribution in [2.24, 2.45) is 5.92 Å². The Hall–Kier alpha value is -3.53. The van der Waals surface area contributed by atoms with Crippen LogP contribution in [0, 0.1) is 18.7 Å². The van der Waals surface area contributed by atoms with E-state index in [1.807, 2.05) is 19.1 Å². The lowest BCUT2D eigenvalue weighted by molar-refractivity contribution is -0.145. The van der Waals surface area contributed by atoms with E-state index in [1.165, 1.54) is 34.9 Å². The molecule has 3 atom stereocenters. The summed E-state index contributed by atoms with van der Waals surface area (Å²) in [6, 6.07) is 7.86. The molecular weight excluding hydrogens is 568 g/mol. The molecule has 1 amide bonds. The van der Waals surface area contributed by atoms with E-state index >= 15 is 4.39 Å². The number of fused-ring (bicyclic) bond motifs is 2. The molecule has 44 heavy (non-hydrogen) atoms. The summed E-state index contributed by atoms with van der Waals surface area (Å²) < 4.78 is 45.5. The third kappa shape index (κ3) is 7.39. The van der Waals surface area contributed by atoms with Gasteiger partial charge in [0, 0.05) is 30.3 Å². The molecule has 2 aromatic rings. The van der Waals surface area contributed by atoms with Gasteiger partial charge in [0.2, 0.25) is 5.88 Å². The molecule has 2 heterocycles. The summed E-state index contributed by atoms with van der Waals surface area (Å²) in [6.07, 6.45) is 2.27. The van der Waals surface area contributed by atoms with Crippen molar-refractivity contribution in [1.82, 2.24) is 14.8 Å². The molecular formula is C34H45F2N3O5. The van der Waals surface area contributed by atoms with Crippen molar-refractivity contribution >= 4 is 17.6 Å². The van der Waals surface area contributed by atoms with Gasteiger partial charge in [0.25, 0.3) is 0 Å². The summed E-state index contributed by atoms with van der Waals surface area (Å²) in [5.74, 6) is -0.928. The minimum atomic E-state index is -0.697. The number of alkyl halides is 1. The van der Waals surface area contributed by atoms with Gasteiger partial charge in [-0.05, 0) is 76.2 Å². The SMILES string of the molecule is COC(=O)[C@H](C)CN1[C@H](C)CC2=C(Cc3ccccc32)[C@H]1c1c(F)cnc(OCCN(CCCF)C(=O)OC(C)(C)C)c1C. The topological polar surface area (TPSA) is 81.2 Å². The Morgan fingerprint density at radius 1 is 1.20 bits per heavy atom. The fraction of sp³-hybridized carbons (Fsp3) is 0.559. The molecule has 0 spiro atoms. The van der Waals surface area contributed by atoms with Crippen LogP contribution in [0.5, 0.6) is 5.88 Å². The highest BCUT2D eigenvalue weighted by molar-refractivity contribution is 5.79. The highest BCUT2D eigenvalue weighted by Crippen LogP contribution is 2.50. The summed E-state index contributed by atoms with van der Waals surface area (Å²) >= 11 is 0. The number of benzene rings is 1. The number of hydrogen-bond acceptors (Lipinski definition) is 7. The maximum absolute atomic E-state index is 16.0. The normalized spacial score (nSPS) is 18.8. The second-order valence-electron chi connectivity index (χ2n) is 12.7. The number of halogens is 2. The maximum atomic E-state index is 16.0. The summed E-state index contributed by atoms with van der Waals surface area (Å²) in [4.78, 5) is 33.1. The van der Waals surface area contributed by atoms with Gasteiger partial charge >= 0.3 is 12.1 Å². The Morgan fingerprint density at radius 2 is 1.93 bits per heavy atom. The van der Waals surface area contributed by atoms with Gasteiger partial charge in [-0.25, -0.2) is 14.2 Å². The molecule has 10 heteroatoms. The first-order chi connectivity index (χ1) is 20.9. The molecule has 1 aliphatic heterocycles. The molecule has 1 aromatic carbocycles. The van der Waals surface area contributed by atoms with Gasteiger partial charge < -0.3 is 19.1 Å². The number of carbonyl (C=O) groups excluding carboxylic acids is 2. The highest BCUT2D eigenvalue weighted by Gasteiger charge is 2.42. The van der Waals surface area contributed by atoms with Crippen LogP contribution in [0.15, 0.2) is 36.0 Å². The molecule has 4 rings (SSSR count). The van der Waals surface area contributed by atoms with Crippen molar-refractivity contribution in [3.63, 3.8) is 0 Å². The monoisotopic (exact) mass is 613 g/mol. The zero-order valence-corrected chi connectivity index (χ0v) is 26.9. The molecule has 0 saturated heterocycles. The Morgan fingerprint density at radius 3 is 2.61 bits per heavy atom. The number of methoxy groups -OCH3 is 1. The van der Waals surface area contributed by atoms with Crippen LogP contribution in [0.1, 0.15) is 75.8 Å². The van der Waals surface area contributed by atoms with Gasteiger partial charge in [0.05, 0.1) is 38.5 Å². The van der Waals surface area contributed by atoms with E-state index in [4.69, 9.17) is 14.2 Å². The number of carbonyl (C=O) groups is 2. The van der Waals surface area contributed by atoms with Crippen LogP contribution in [0.25, 0.3) is 5.57 Å². The van der Waals surface area contributed by atoms with E-state index in [-0.39, 0.29) is 44.0 Å². The molecule has 8 nitrogen and oxygen atoms in total. The van der Waals surface area contributed by atoms with Crippen LogP contribution < -0.4 is 4.74 Å². The number of amides is 1. The molecule has 240 valence electrons. The minimum Gasteiger partial charge on any atom is -0.476 e. The van der Waals surface area contributed by atoms with Crippen LogP contribution in [-0.4, -0.2) is 78.5 Å². The molecule has 0 bridgehead atoms. The van der Waals surface area contributed by atoms with E-state index in [9.17, 15) is 14.0 Å². The number of hydrogen-bond donors (Lipinski definition) is 0. The number of rotatable bonds is 11. The van der Waals surface area contributed by atoms with Crippen molar-refractivity contribution in [2.75, 3.05) is 40.0 Å². The van der Waals surface area contributed by atoms with E-state index in [0.29, 0.717) is 24.1 Å². The number of nitrogens with zero attached hydrogens (tertiary/aromatic N) is 3. The first-order valence-corrected chi connectivity index (χ1v) is 15.3. The summed E-state index contributed by atoms with van der Waals surface area (Å²) in [7, 11) is 1.38. The van der Waals surface area contributed by atoms with Crippen molar-refractivity contribution in [2.45, 2.75) is 78.5 Å². The second kappa shape index (κ2) is 14.1. The zero-order valence-electron chi connectivity index (χ0n) is 26.9. The number of esters is 1. The summed E-state index contributed by atoms with van der Waals surface area (Å²) in [6.45, 7) is 11.3. The van der Waals surface area contributed by atoms with Crippen molar-refractivity contribution < 1.29 is 32.6 Å². The highest BCUT2D eigenvalue weighted by atomic mass is 19.1. The fourth-order valence-corrected chi connectivity index (χ4v) is 6.22. The van der Waals surface area contributed by atoms with Gasteiger partial charge in [-0.1, -0.05) is 31.2 Å². The largest absolute Gasteiger partial charge is 0.476 e. The molecule has 0 saturated carbocycles. The molecule has 0 radical (unpaired) electrons. The lowest BCUT2D eigenvalue weighted by Gasteiger charge is -2.43. The predicted octanol–water partition coefficient (Wildman–Crippen LogP) is 6.46. The standard InChI is InChI=1S/C34H45F2N3O5/c1-21(32(40)42-7)20-39-22(2)17-26-25-12-9-8-11-24(25)18-27(26)30(39)29-23(3)31(37-19-28(29)36)43-16-15-38(14-10-13-35)33(41)44-34(4,5)6/h8-9,11-12,19,21-22,30H,10,13-18,20H2,1-7H3/t21-,22-,30+/m1/s1. The Bertz CT molecular complexity index is 1390. The van der Waals surface area contributed by atoms with Crippen molar-refractivity contribution in [1.29, 1.82) is 0 Å². The van der Waals surface area contributed by atoms with E-state index in [2.05, 4.69) is 28.9 Å². The molecule has 2 aliphatic rings. The van der Waals surface area contributed by atoms with Gasteiger partial charge in [-0.2, -0.15) is 0 Å². The van der Waals surface area contributed by atoms with Gasteiger partial charge in [-0.3, -0.25) is 14.1 Å². The molecule has 0 N–H and O–H groups in total. The third-order valence-corrected chi connectivity index (χ3v) is 8.29. The second-order valence-corrected chi connectivity index (χ2v) is 12.7. The quantitative estimate of drug-likeness (QED) is 0.269. The minimum absolute atomic E-state index is 0.0197. The Labute approximate surface area is 259 Å². The van der Waals surface area contributed by atoms with E-state index < -0.39 is 36.1 Å². The molecule has 1 aromatic heterocycles. The van der Waals surface area contributed by atoms with E-state index in [1.54, 1.807) is 27.7 Å². The van der Waals surface area contributed by atoms with Gasteiger partial charge in [0.1, 0.15) is 18.0 Å². The van der Waals surface area contributed by atoms with Crippen molar-refractivity contribution in [3.8, 4) is 5.88 Å². The average Bonchev–Trinajstić information content (AvgIpc) is 3.33.